The summed E-state index contributed by atoms with van der Waals surface area (Å²) in [7, 11) is 0. The highest BCUT2D eigenvalue weighted by Gasteiger charge is 2.18. The molecule has 0 aliphatic rings. The van der Waals surface area contributed by atoms with Crippen molar-refractivity contribution in [1.29, 1.82) is 5.26 Å². The molecule has 0 radical (unpaired) electrons. The minimum Gasteiger partial charge on any atom is -0.268 e. The van der Waals surface area contributed by atoms with E-state index < -0.39 is 0 Å². The van der Waals surface area contributed by atoms with Crippen LogP contribution < -0.4 is 5.56 Å². The fraction of sp³-hybridized carbons (Fsp3) is 0. The number of hydrogen-bond acceptors (Lipinski definition) is 3. The zero-order valence-electron chi connectivity index (χ0n) is 12.5. The molecule has 6 heteroatoms. The predicted molar refractivity (Wildman–Crippen MR) is 99.9 cm³/mol. The van der Waals surface area contributed by atoms with E-state index in [1.54, 1.807) is 40.8 Å². The Bertz CT molecular complexity index is 1440. The van der Waals surface area contributed by atoms with Crippen molar-refractivity contribution in [3.8, 4) is 6.07 Å². The molecule has 0 atom stereocenters. The minimum absolute atomic E-state index is 0.182. The van der Waals surface area contributed by atoms with Crippen molar-refractivity contribution in [3.63, 3.8) is 0 Å². The second-order valence-corrected chi connectivity index (χ2v) is 6.65. The first kappa shape index (κ1) is 14.5. The molecule has 4 nitrogen and oxygen atoms in total. The van der Waals surface area contributed by atoms with Crippen LogP contribution in [0.2, 0.25) is 10.0 Å². The van der Waals surface area contributed by atoms with Crippen LogP contribution in [0.5, 0.6) is 0 Å². The van der Waals surface area contributed by atoms with E-state index >= 15 is 0 Å². The lowest BCUT2D eigenvalue weighted by Crippen LogP contribution is -2.13. The molecule has 0 spiro atoms. The third-order valence-electron chi connectivity index (χ3n) is 4.52. The summed E-state index contributed by atoms with van der Waals surface area (Å²) in [5.74, 6) is 0. The molecule has 0 bridgehead atoms. The molecule has 0 saturated carbocycles. The summed E-state index contributed by atoms with van der Waals surface area (Å²) in [6.45, 7) is 0. The number of nitriles is 1. The lowest BCUT2D eigenvalue weighted by Gasteiger charge is -2.09. The SMILES string of the molecule is N#Cc1ccc2c(c1)nc1c3ccc(Cl)c4c(Cl)ccc(c(=O)n21)c43. The zero-order valence-corrected chi connectivity index (χ0v) is 14.1. The summed E-state index contributed by atoms with van der Waals surface area (Å²) in [5.41, 5.74) is 2.12. The van der Waals surface area contributed by atoms with Crippen LogP contribution in [0.4, 0.5) is 0 Å². The number of fused-ring (bicyclic) bond motifs is 4. The fourth-order valence-corrected chi connectivity index (χ4v) is 4.00. The smallest absolute Gasteiger partial charge is 0.264 e. The van der Waals surface area contributed by atoms with E-state index in [2.05, 4.69) is 11.1 Å². The van der Waals surface area contributed by atoms with Crippen LogP contribution in [-0.4, -0.2) is 9.38 Å². The molecule has 0 aliphatic carbocycles. The average molecular weight is 364 g/mol. The molecule has 0 aliphatic heterocycles. The first-order valence-electron chi connectivity index (χ1n) is 7.48. The Kier molecular flexibility index (Phi) is 2.79. The van der Waals surface area contributed by atoms with Gasteiger partial charge in [-0.05, 0) is 42.5 Å². The van der Waals surface area contributed by atoms with Crippen LogP contribution in [0.25, 0.3) is 38.2 Å². The van der Waals surface area contributed by atoms with Crippen LogP contribution in [0.15, 0.2) is 47.3 Å². The molecule has 0 saturated heterocycles. The molecule has 2 aromatic heterocycles. The molecule has 0 amide bonds. The Morgan fingerprint density at radius 1 is 0.960 bits per heavy atom. The summed E-state index contributed by atoms with van der Waals surface area (Å²) >= 11 is 12.6. The number of benzene rings is 3. The van der Waals surface area contributed by atoms with Crippen molar-refractivity contribution in [2.24, 2.45) is 0 Å². The van der Waals surface area contributed by atoms with E-state index in [9.17, 15) is 4.79 Å². The number of rotatable bonds is 0. The van der Waals surface area contributed by atoms with Crippen molar-refractivity contribution < 1.29 is 0 Å². The highest BCUT2D eigenvalue weighted by Crippen LogP contribution is 2.37. The molecule has 5 rings (SSSR count). The maximum absolute atomic E-state index is 13.1. The molecule has 25 heavy (non-hydrogen) atoms. The van der Waals surface area contributed by atoms with Gasteiger partial charge in [0.2, 0.25) is 0 Å². The normalized spacial score (nSPS) is 11.7. The molecule has 2 heterocycles. The Hall–Kier alpha value is -2.87. The number of nitrogens with zero attached hydrogens (tertiary/aromatic N) is 3. The van der Waals surface area contributed by atoms with Gasteiger partial charge in [-0.15, -0.1) is 0 Å². The van der Waals surface area contributed by atoms with Crippen LogP contribution >= 0.6 is 23.2 Å². The van der Waals surface area contributed by atoms with E-state index in [0.717, 1.165) is 5.39 Å². The van der Waals surface area contributed by atoms with Gasteiger partial charge in [-0.25, -0.2) is 4.98 Å². The quantitative estimate of drug-likeness (QED) is 0.398. The predicted octanol–water partition coefficient (Wildman–Crippen LogP) is 4.77. The van der Waals surface area contributed by atoms with Crippen LogP contribution in [0, 0.1) is 11.3 Å². The summed E-state index contributed by atoms with van der Waals surface area (Å²) < 4.78 is 1.58. The van der Waals surface area contributed by atoms with Gasteiger partial charge in [-0.1, -0.05) is 23.2 Å². The van der Waals surface area contributed by atoms with E-state index in [1.807, 2.05) is 6.07 Å². The molecule has 5 aromatic rings. The minimum atomic E-state index is -0.182. The van der Waals surface area contributed by atoms with Crippen molar-refractivity contribution in [3.05, 3.63) is 68.4 Å². The van der Waals surface area contributed by atoms with Crippen molar-refractivity contribution in [2.45, 2.75) is 0 Å². The maximum atomic E-state index is 13.1. The lowest BCUT2D eigenvalue weighted by molar-refractivity contribution is 1.19. The second kappa shape index (κ2) is 4.82. The Balaban J connectivity index is 2.16. The lowest BCUT2D eigenvalue weighted by atomic mass is 10.0. The Morgan fingerprint density at radius 2 is 1.68 bits per heavy atom. The van der Waals surface area contributed by atoms with Gasteiger partial charge in [-0.2, -0.15) is 5.26 Å². The van der Waals surface area contributed by atoms with Gasteiger partial charge < -0.3 is 0 Å². The molecule has 0 fully saturated rings. The number of aromatic nitrogens is 2. The Labute approximate surface area is 150 Å². The van der Waals surface area contributed by atoms with Gasteiger partial charge in [0, 0.05) is 31.6 Å². The van der Waals surface area contributed by atoms with Gasteiger partial charge in [-0.3, -0.25) is 9.20 Å². The van der Waals surface area contributed by atoms with Gasteiger partial charge in [0.1, 0.15) is 5.65 Å². The fourth-order valence-electron chi connectivity index (χ4n) is 3.43. The van der Waals surface area contributed by atoms with Crippen LogP contribution in [0.1, 0.15) is 5.56 Å². The standard InChI is InChI=1S/C19H7Cl2N3O/c20-12-4-2-10-16-11(3-5-13(21)17(12)16)19(25)24-15-6-1-9(8-22)7-14(15)23-18(10)24/h1-7H. The second-order valence-electron chi connectivity index (χ2n) is 5.83. The summed E-state index contributed by atoms with van der Waals surface area (Å²) in [4.78, 5) is 17.7. The molecule has 0 unspecified atom stereocenters. The van der Waals surface area contributed by atoms with Gasteiger partial charge >= 0.3 is 0 Å². The van der Waals surface area contributed by atoms with Crippen LogP contribution in [0.3, 0.4) is 0 Å². The highest BCUT2D eigenvalue weighted by molar-refractivity contribution is 6.44. The number of halogens is 2. The van der Waals surface area contributed by atoms with E-state index in [0.29, 0.717) is 48.4 Å². The highest BCUT2D eigenvalue weighted by atomic mass is 35.5. The van der Waals surface area contributed by atoms with E-state index in [1.165, 1.54) is 0 Å². The summed E-state index contributed by atoms with van der Waals surface area (Å²) in [5, 5.41) is 12.8. The van der Waals surface area contributed by atoms with Crippen molar-refractivity contribution in [2.75, 3.05) is 0 Å². The van der Waals surface area contributed by atoms with Crippen LogP contribution in [-0.2, 0) is 0 Å². The first-order chi connectivity index (χ1) is 12.1. The number of imidazole rings is 1. The first-order valence-corrected chi connectivity index (χ1v) is 8.24. The monoisotopic (exact) mass is 363 g/mol. The van der Waals surface area contributed by atoms with Gasteiger partial charge in [0.05, 0.1) is 22.7 Å². The summed E-state index contributed by atoms with van der Waals surface area (Å²) in [6, 6.07) is 14.2. The topological polar surface area (TPSA) is 58.2 Å². The van der Waals surface area contributed by atoms with Crippen molar-refractivity contribution in [1.82, 2.24) is 9.38 Å². The van der Waals surface area contributed by atoms with Gasteiger partial charge in [0.25, 0.3) is 5.56 Å². The number of pyridine rings is 1. The molecular weight excluding hydrogens is 357 g/mol. The third kappa shape index (κ3) is 1.77. The van der Waals surface area contributed by atoms with E-state index in [-0.39, 0.29) is 5.56 Å². The third-order valence-corrected chi connectivity index (χ3v) is 5.15. The van der Waals surface area contributed by atoms with Crippen molar-refractivity contribution >= 4 is 61.4 Å². The zero-order chi connectivity index (χ0) is 17.3. The van der Waals surface area contributed by atoms with Gasteiger partial charge in [0.15, 0.2) is 0 Å². The van der Waals surface area contributed by atoms with E-state index in [4.69, 9.17) is 28.5 Å². The number of hydrogen-bond donors (Lipinski definition) is 0. The molecular formula is C19H7Cl2N3O. The maximum Gasteiger partial charge on any atom is 0.264 e. The molecule has 118 valence electrons. The summed E-state index contributed by atoms with van der Waals surface area (Å²) in [6.07, 6.45) is 0. The largest absolute Gasteiger partial charge is 0.268 e. The average Bonchev–Trinajstić information content (AvgIpc) is 3.00. The Morgan fingerprint density at radius 3 is 2.40 bits per heavy atom. The molecule has 0 N–H and O–H groups in total. The molecule has 3 aromatic carbocycles.